The van der Waals surface area contributed by atoms with Gasteiger partial charge in [0.2, 0.25) is 0 Å². The summed E-state index contributed by atoms with van der Waals surface area (Å²) < 4.78 is 128. The molecule has 0 saturated carbocycles. The van der Waals surface area contributed by atoms with Crippen molar-refractivity contribution >= 4 is 16.9 Å². The lowest BCUT2D eigenvalue weighted by Crippen LogP contribution is -2.62. The Morgan fingerprint density at radius 2 is 1.53 bits per heavy atom. The van der Waals surface area contributed by atoms with Crippen molar-refractivity contribution in [1.82, 2.24) is 0 Å². The average Bonchev–Trinajstić information content (AvgIpc) is 3.35. The van der Waals surface area contributed by atoms with Crippen LogP contribution in [0.1, 0.15) is 50.2 Å². The molecule has 0 saturated heterocycles. The number of fused-ring (bicyclic) bond motifs is 1. The third kappa shape index (κ3) is 7.51. The van der Waals surface area contributed by atoms with E-state index in [1.165, 1.54) is 23.8 Å². The first-order chi connectivity index (χ1) is 20.1. The van der Waals surface area contributed by atoms with Gasteiger partial charge in [-0.15, -0.1) is 0 Å². The summed E-state index contributed by atoms with van der Waals surface area (Å²) in [5.74, 6) is -25.0. The van der Waals surface area contributed by atoms with E-state index in [-0.39, 0.29) is 5.75 Å². The number of unbranched alkanes of at least 4 members (excludes halogenated alkanes) is 2. The molecule has 0 radical (unpaired) electrons. The maximum absolute atomic E-state index is 14.3. The van der Waals surface area contributed by atoms with E-state index in [0.29, 0.717) is 22.8 Å². The van der Waals surface area contributed by atoms with E-state index in [2.05, 4.69) is 24.3 Å². The molecule has 12 heteroatoms. The van der Waals surface area contributed by atoms with Gasteiger partial charge in [-0.3, -0.25) is 0 Å². The van der Waals surface area contributed by atoms with Crippen molar-refractivity contribution < 1.29 is 53.8 Å². The van der Waals surface area contributed by atoms with Crippen molar-refractivity contribution in [2.75, 3.05) is 13.2 Å². The van der Waals surface area contributed by atoms with Crippen molar-refractivity contribution in [3.63, 3.8) is 0 Å². The molecule has 0 fully saturated rings. The standard InChI is InChI=1S/C31H32F8O4/c1-4-6-7-8-21-9-12-24(20(3)17-21)26-18-22-10-11-23(19-25(22)43-26)41-15-13-28(32,33)30(36,37)31(38,39)29(34,35)14-16-42-27(40)5-2/h5,9-12,17-19H,2,4,6-8,13-16H2,1,3H3. The fourth-order valence-corrected chi connectivity index (χ4v) is 4.38. The van der Waals surface area contributed by atoms with E-state index in [9.17, 15) is 39.9 Å². The summed E-state index contributed by atoms with van der Waals surface area (Å²) in [5, 5.41) is 0.631. The Morgan fingerprint density at radius 1 is 0.884 bits per heavy atom. The first kappa shape index (κ1) is 33.9. The molecule has 1 aromatic heterocycles. The number of halogens is 8. The van der Waals surface area contributed by atoms with Gasteiger partial charge < -0.3 is 13.9 Å². The van der Waals surface area contributed by atoms with Gasteiger partial charge in [-0.2, -0.15) is 35.1 Å². The molecule has 0 amide bonds. The van der Waals surface area contributed by atoms with Crippen LogP contribution in [0.2, 0.25) is 0 Å². The summed E-state index contributed by atoms with van der Waals surface area (Å²) in [5.41, 5.74) is 3.29. The maximum Gasteiger partial charge on any atom is 0.378 e. The van der Waals surface area contributed by atoms with Crippen LogP contribution in [0.25, 0.3) is 22.3 Å². The van der Waals surface area contributed by atoms with Crippen LogP contribution in [0.15, 0.2) is 59.5 Å². The molecule has 0 atom stereocenters. The van der Waals surface area contributed by atoms with E-state index < -0.39 is 55.7 Å². The zero-order valence-corrected chi connectivity index (χ0v) is 23.6. The maximum atomic E-state index is 14.3. The molecule has 0 unspecified atom stereocenters. The Bertz CT molecular complexity index is 1410. The number of rotatable bonds is 16. The number of hydrogen-bond acceptors (Lipinski definition) is 4. The van der Waals surface area contributed by atoms with Crippen LogP contribution in [0, 0.1) is 6.92 Å². The highest BCUT2D eigenvalue weighted by Crippen LogP contribution is 2.54. The minimum absolute atomic E-state index is 0.0864. The summed E-state index contributed by atoms with van der Waals surface area (Å²) in [4.78, 5) is 10.9. The third-order valence-electron chi connectivity index (χ3n) is 6.94. The Kier molecular flexibility index (Phi) is 10.6. The Labute approximate surface area is 243 Å². The van der Waals surface area contributed by atoms with Crippen molar-refractivity contribution in [3.8, 4) is 17.1 Å². The summed E-state index contributed by atoms with van der Waals surface area (Å²) in [6, 6.07) is 12.0. The number of carbonyl (C=O) groups is 1. The molecule has 3 rings (SSSR count). The number of furan rings is 1. The molecule has 43 heavy (non-hydrogen) atoms. The first-order valence-corrected chi connectivity index (χ1v) is 13.6. The number of alkyl halides is 8. The number of ether oxygens (including phenoxy) is 2. The molecule has 0 N–H and O–H groups in total. The van der Waals surface area contributed by atoms with Crippen LogP contribution in [0.3, 0.4) is 0 Å². The van der Waals surface area contributed by atoms with Crippen LogP contribution in [-0.4, -0.2) is 42.9 Å². The SMILES string of the molecule is C=CC(=O)OCCC(F)(F)C(F)(F)C(F)(F)C(F)(F)CCOc1ccc2cc(-c3ccc(CCCCC)cc3C)oc2c1. The van der Waals surface area contributed by atoms with Gasteiger partial charge in [0.25, 0.3) is 0 Å². The monoisotopic (exact) mass is 620 g/mol. The summed E-state index contributed by atoms with van der Waals surface area (Å²) in [6.45, 7) is 4.40. The largest absolute Gasteiger partial charge is 0.493 e. The smallest absolute Gasteiger partial charge is 0.378 e. The highest BCUT2D eigenvalue weighted by atomic mass is 19.4. The molecule has 4 nitrogen and oxygen atoms in total. The Morgan fingerprint density at radius 3 is 2.14 bits per heavy atom. The van der Waals surface area contributed by atoms with Crippen LogP contribution in [-0.2, 0) is 16.0 Å². The molecular weight excluding hydrogens is 588 g/mol. The minimum Gasteiger partial charge on any atom is -0.493 e. The molecule has 2 aromatic carbocycles. The number of aryl methyl sites for hydroxylation is 2. The number of carbonyl (C=O) groups excluding carboxylic acids is 1. The van der Waals surface area contributed by atoms with Gasteiger partial charge in [-0.05, 0) is 49.1 Å². The molecule has 1 heterocycles. The van der Waals surface area contributed by atoms with E-state index in [0.717, 1.165) is 36.8 Å². The molecule has 0 aliphatic carbocycles. The fourth-order valence-electron chi connectivity index (χ4n) is 4.38. The second kappa shape index (κ2) is 13.4. The van der Waals surface area contributed by atoms with Crippen LogP contribution in [0.5, 0.6) is 5.75 Å². The molecule has 0 aliphatic rings. The average molecular weight is 621 g/mol. The van der Waals surface area contributed by atoms with Gasteiger partial charge in [0.15, 0.2) is 0 Å². The van der Waals surface area contributed by atoms with Crippen molar-refractivity contribution in [3.05, 3.63) is 66.2 Å². The summed E-state index contributed by atoms with van der Waals surface area (Å²) in [7, 11) is 0. The number of benzene rings is 2. The zero-order chi connectivity index (χ0) is 32.1. The number of hydrogen-bond donors (Lipinski definition) is 0. The fraction of sp³-hybridized carbons (Fsp3) is 0.452. The molecule has 0 spiro atoms. The molecule has 236 valence electrons. The van der Waals surface area contributed by atoms with E-state index in [1.807, 2.05) is 19.1 Å². The molecule has 3 aromatic rings. The van der Waals surface area contributed by atoms with Gasteiger partial charge in [0, 0.05) is 23.1 Å². The summed E-state index contributed by atoms with van der Waals surface area (Å²) in [6.07, 6.45) is 0.690. The van der Waals surface area contributed by atoms with Crippen LogP contribution < -0.4 is 4.74 Å². The number of esters is 1. The highest BCUT2D eigenvalue weighted by Gasteiger charge is 2.79. The van der Waals surface area contributed by atoms with E-state index >= 15 is 0 Å². The third-order valence-corrected chi connectivity index (χ3v) is 6.94. The van der Waals surface area contributed by atoms with Gasteiger partial charge >= 0.3 is 29.7 Å². The highest BCUT2D eigenvalue weighted by molar-refractivity contribution is 5.84. The quantitative estimate of drug-likeness (QED) is 0.0693. The van der Waals surface area contributed by atoms with E-state index in [1.54, 1.807) is 6.07 Å². The zero-order valence-electron chi connectivity index (χ0n) is 23.6. The van der Waals surface area contributed by atoms with Crippen molar-refractivity contribution in [2.24, 2.45) is 0 Å². The van der Waals surface area contributed by atoms with Crippen molar-refractivity contribution in [2.45, 2.75) is 76.1 Å². The van der Waals surface area contributed by atoms with Gasteiger partial charge in [-0.1, -0.05) is 44.5 Å². The summed E-state index contributed by atoms with van der Waals surface area (Å²) >= 11 is 0. The minimum atomic E-state index is -6.47. The Hall–Kier alpha value is -3.57. The van der Waals surface area contributed by atoms with Gasteiger partial charge in [0.05, 0.1) is 26.1 Å². The van der Waals surface area contributed by atoms with Crippen molar-refractivity contribution in [1.29, 1.82) is 0 Å². The predicted octanol–water partition coefficient (Wildman–Crippen LogP) is 9.57. The predicted molar refractivity (Wildman–Crippen MR) is 145 cm³/mol. The van der Waals surface area contributed by atoms with E-state index in [4.69, 9.17) is 9.15 Å². The molecule has 0 aliphatic heterocycles. The van der Waals surface area contributed by atoms with Gasteiger partial charge in [-0.25, -0.2) is 4.79 Å². The first-order valence-electron chi connectivity index (χ1n) is 13.6. The van der Waals surface area contributed by atoms with Crippen LogP contribution >= 0.6 is 0 Å². The van der Waals surface area contributed by atoms with Gasteiger partial charge in [0.1, 0.15) is 17.1 Å². The normalized spacial score (nSPS) is 12.9. The second-order valence-electron chi connectivity index (χ2n) is 10.2. The lowest BCUT2D eigenvalue weighted by Gasteiger charge is -2.36. The topological polar surface area (TPSA) is 48.7 Å². The molecular formula is C31H32F8O4. The Balaban J connectivity index is 1.67. The van der Waals surface area contributed by atoms with Crippen LogP contribution in [0.4, 0.5) is 35.1 Å². The lowest BCUT2D eigenvalue weighted by molar-refractivity contribution is -0.368. The lowest BCUT2D eigenvalue weighted by atomic mass is 9.95. The second-order valence-corrected chi connectivity index (χ2v) is 10.2. The molecule has 0 bridgehead atoms.